The predicted octanol–water partition coefficient (Wildman–Crippen LogP) is 3.04. The van der Waals surface area contributed by atoms with Crippen molar-refractivity contribution in [2.24, 2.45) is 4.99 Å². The maximum Gasteiger partial charge on any atom is 0.242 e. The highest BCUT2D eigenvalue weighted by molar-refractivity contribution is 14.0. The molecule has 2 aromatic carbocycles. The second-order valence-electron chi connectivity index (χ2n) is 6.72. The lowest BCUT2D eigenvalue weighted by Gasteiger charge is -2.29. The molecule has 150 valence electrons. The van der Waals surface area contributed by atoms with Gasteiger partial charge in [-0.1, -0.05) is 36.4 Å². The van der Waals surface area contributed by atoms with Gasteiger partial charge >= 0.3 is 0 Å². The molecule has 0 bridgehead atoms. The van der Waals surface area contributed by atoms with E-state index in [0.717, 1.165) is 18.5 Å². The third-order valence-corrected chi connectivity index (χ3v) is 4.79. The van der Waals surface area contributed by atoms with E-state index >= 15 is 0 Å². The average molecular weight is 496 g/mol. The minimum Gasteiger partial charge on any atom is -0.347 e. The molecular weight excluding hydrogens is 470 g/mol. The molecule has 0 spiro atoms. The molecule has 0 atom stereocenters. The van der Waals surface area contributed by atoms with E-state index in [1.165, 1.54) is 23.3 Å². The zero-order valence-electron chi connectivity index (χ0n) is 16.2. The number of aliphatic imine (C=N–C) groups is 1. The van der Waals surface area contributed by atoms with Gasteiger partial charge < -0.3 is 15.1 Å². The summed E-state index contributed by atoms with van der Waals surface area (Å²) in [6, 6.07) is 14.6. The van der Waals surface area contributed by atoms with Gasteiger partial charge in [-0.25, -0.2) is 4.39 Å². The molecule has 0 unspecified atom stereocenters. The second kappa shape index (κ2) is 10.4. The summed E-state index contributed by atoms with van der Waals surface area (Å²) in [5.41, 5.74) is 3.51. The van der Waals surface area contributed by atoms with Gasteiger partial charge in [0.15, 0.2) is 5.96 Å². The Balaban J connectivity index is 0.00000280. The highest BCUT2D eigenvalue weighted by Crippen LogP contribution is 2.18. The zero-order chi connectivity index (χ0) is 19.2. The van der Waals surface area contributed by atoms with Crippen LogP contribution in [0.1, 0.15) is 16.7 Å². The summed E-state index contributed by atoms with van der Waals surface area (Å²) < 4.78 is 13.0. The third kappa shape index (κ3) is 5.67. The standard InChI is InChI=1S/C21H25FN4O.HI/c1-23-21(25(2)14-16-7-9-19(22)10-8-16)24-13-20(27)26-12-11-17-5-3-4-6-18(17)15-26;/h3-10H,11-15H2,1-2H3,(H,23,24);1H. The van der Waals surface area contributed by atoms with E-state index in [-0.39, 0.29) is 42.2 Å². The van der Waals surface area contributed by atoms with Crippen LogP contribution in [0.3, 0.4) is 0 Å². The van der Waals surface area contributed by atoms with Gasteiger partial charge in [-0.05, 0) is 35.2 Å². The Morgan fingerprint density at radius 2 is 1.86 bits per heavy atom. The van der Waals surface area contributed by atoms with E-state index < -0.39 is 0 Å². The van der Waals surface area contributed by atoms with Gasteiger partial charge in [0, 0.05) is 33.7 Å². The zero-order valence-corrected chi connectivity index (χ0v) is 18.5. The van der Waals surface area contributed by atoms with Crippen molar-refractivity contribution >= 4 is 35.8 Å². The highest BCUT2D eigenvalue weighted by atomic mass is 127. The normalized spacial score (nSPS) is 13.4. The topological polar surface area (TPSA) is 47.9 Å². The Hall–Kier alpha value is -2.16. The summed E-state index contributed by atoms with van der Waals surface area (Å²) in [6.45, 7) is 2.16. The van der Waals surface area contributed by atoms with Crippen molar-refractivity contribution in [3.63, 3.8) is 0 Å². The van der Waals surface area contributed by atoms with Crippen LogP contribution in [0.5, 0.6) is 0 Å². The Bertz CT molecular complexity index is 825. The molecule has 7 heteroatoms. The number of halogens is 2. The molecule has 0 saturated heterocycles. The molecule has 1 aliphatic heterocycles. The van der Waals surface area contributed by atoms with Crippen LogP contribution in [0.2, 0.25) is 0 Å². The van der Waals surface area contributed by atoms with Crippen molar-refractivity contribution in [3.8, 4) is 0 Å². The van der Waals surface area contributed by atoms with E-state index in [0.29, 0.717) is 19.0 Å². The number of nitrogens with one attached hydrogen (secondary N) is 1. The number of carbonyl (C=O) groups is 1. The summed E-state index contributed by atoms with van der Waals surface area (Å²) in [6.07, 6.45) is 0.890. The molecule has 5 nitrogen and oxygen atoms in total. The number of carbonyl (C=O) groups excluding carboxylic acids is 1. The summed E-state index contributed by atoms with van der Waals surface area (Å²) in [4.78, 5) is 20.6. The molecule has 1 heterocycles. The maximum atomic E-state index is 13.0. The van der Waals surface area contributed by atoms with Crippen LogP contribution in [0.15, 0.2) is 53.5 Å². The number of amides is 1. The van der Waals surface area contributed by atoms with Crippen LogP contribution in [-0.4, -0.2) is 48.9 Å². The first-order chi connectivity index (χ1) is 13.1. The smallest absolute Gasteiger partial charge is 0.242 e. The number of nitrogens with zero attached hydrogens (tertiary/aromatic N) is 3. The maximum absolute atomic E-state index is 13.0. The molecule has 0 saturated carbocycles. The van der Waals surface area contributed by atoms with Crippen LogP contribution in [0.25, 0.3) is 0 Å². The van der Waals surface area contributed by atoms with Gasteiger partial charge in [0.05, 0.1) is 6.54 Å². The minimum absolute atomic E-state index is 0. The molecule has 28 heavy (non-hydrogen) atoms. The summed E-state index contributed by atoms with van der Waals surface area (Å²) in [5.74, 6) is 0.434. The van der Waals surface area contributed by atoms with Gasteiger partial charge in [0.2, 0.25) is 5.91 Å². The molecule has 3 rings (SSSR count). The van der Waals surface area contributed by atoms with E-state index in [2.05, 4.69) is 22.4 Å². The fourth-order valence-corrected chi connectivity index (χ4v) is 3.30. The highest BCUT2D eigenvalue weighted by Gasteiger charge is 2.20. The van der Waals surface area contributed by atoms with Crippen LogP contribution >= 0.6 is 24.0 Å². The van der Waals surface area contributed by atoms with Crippen molar-refractivity contribution in [1.82, 2.24) is 15.1 Å². The number of hydrogen-bond acceptors (Lipinski definition) is 2. The summed E-state index contributed by atoms with van der Waals surface area (Å²) in [5, 5.41) is 3.13. The molecule has 1 aliphatic rings. The SMILES string of the molecule is CN=C(NCC(=O)N1CCc2ccccc2C1)N(C)Cc1ccc(F)cc1.I. The molecule has 0 aromatic heterocycles. The van der Waals surface area contributed by atoms with Crippen molar-refractivity contribution in [1.29, 1.82) is 0 Å². The molecule has 1 amide bonds. The first-order valence-corrected chi connectivity index (χ1v) is 9.07. The van der Waals surface area contributed by atoms with Crippen molar-refractivity contribution < 1.29 is 9.18 Å². The number of guanidine groups is 1. The van der Waals surface area contributed by atoms with Crippen molar-refractivity contribution in [2.45, 2.75) is 19.5 Å². The molecule has 0 radical (unpaired) electrons. The number of rotatable bonds is 4. The van der Waals surface area contributed by atoms with E-state index in [4.69, 9.17) is 0 Å². The second-order valence-corrected chi connectivity index (χ2v) is 6.72. The monoisotopic (exact) mass is 496 g/mol. The van der Waals surface area contributed by atoms with Gasteiger partial charge in [0.1, 0.15) is 5.82 Å². The van der Waals surface area contributed by atoms with Crippen LogP contribution in [-0.2, 0) is 24.3 Å². The lowest BCUT2D eigenvalue weighted by atomic mass is 10.00. The van der Waals surface area contributed by atoms with E-state index in [1.54, 1.807) is 19.2 Å². The fraction of sp³-hybridized carbons (Fsp3) is 0.333. The number of benzene rings is 2. The van der Waals surface area contributed by atoms with Crippen LogP contribution in [0, 0.1) is 5.82 Å². The quantitative estimate of drug-likeness (QED) is 0.403. The molecule has 0 aliphatic carbocycles. The predicted molar refractivity (Wildman–Crippen MR) is 120 cm³/mol. The van der Waals surface area contributed by atoms with Gasteiger partial charge in [-0.3, -0.25) is 9.79 Å². The Morgan fingerprint density at radius 3 is 2.54 bits per heavy atom. The Labute approximate surface area is 182 Å². The van der Waals surface area contributed by atoms with Gasteiger partial charge in [0.25, 0.3) is 0 Å². The van der Waals surface area contributed by atoms with Gasteiger partial charge in [-0.2, -0.15) is 0 Å². The van der Waals surface area contributed by atoms with Gasteiger partial charge in [-0.15, -0.1) is 24.0 Å². The summed E-state index contributed by atoms with van der Waals surface area (Å²) in [7, 11) is 3.57. The average Bonchev–Trinajstić information content (AvgIpc) is 2.69. The molecule has 2 aromatic rings. The third-order valence-electron chi connectivity index (χ3n) is 4.79. The number of hydrogen-bond donors (Lipinski definition) is 1. The Morgan fingerprint density at radius 1 is 1.18 bits per heavy atom. The molecular formula is C21H26FIN4O. The van der Waals surface area contributed by atoms with Crippen LogP contribution < -0.4 is 5.32 Å². The van der Waals surface area contributed by atoms with Crippen molar-refractivity contribution in [2.75, 3.05) is 27.2 Å². The fourth-order valence-electron chi connectivity index (χ4n) is 3.30. The first kappa shape index (κ1) is 22.1. The molecule has 1 N–H and O–H groups in total. The first-order valence-electron chi connectivity index (χ1n) is 9.07. The van der Waals surface area contributed by atoms with E-state index in [1.807, 2.05) is 29.0 Å². The van der Waals surface area contributed by atoms with Crippen LogP contribution in [0.4, 0.5) is 4.39 Å². The Kier molecular flexibility index (Phi) is 8.22. The number of fused-ring (bicyclic) bond motifs is 1. The lowest BCUT2D eigenvalue weighted by Crippen LogP contribution is -2.46. The largest absolute Gasteiger partial charge is 0.347 e. The lowest BCUT2D eigenvalue weighted by molar-refractivity contribution is -0.130. The van der Waals surface area contributed by atoms with E-state index in [9.17, 15) is 9.18 Å². The molecule has 0 fully saturated rings. The van der Waals surface area contributed by atoms with Crippen molar-refractivity contribution in [3.05, 3.63) is 71.0 Å². The minimum atomic E-state index is -0.252. The summed E-state index contributed by atoms with van der Waals surface area (Å²) >= 11 is 0.